The number of benzene rings is 3. The van der Waals surface area contributed by atoms with Crippen LogP contribution in [-0.4, -0.2) is 16.1 Å². The Morgan fingerprint density at radius 1 is 0.967 bits per heavy atom. The number of halogens is 4. The molecule has 4 rings (SSSR count). The molecule has 0 amide bonds. The lowest BCUT2D eigenvalue weighted by Crippen LogP contribution is -2.22. The van der Waals surface area contributed by atoms with Gasteiger partial charge in [0.2, 0.25) is 0 Å². The minimum absolute atomic E-state index is 0.180. The van der Waals surface area contributed by atoms with Gasteiger partial charge in [0.1, 0.15) is 17.3 Å². The fourth-order valence-corrected chi connectivity index (χ4v) is 3.12. The summed E-state index contributed by atoms with van der Waals surface area (Å²) in [6.07, 6.45) is -4.86. The van der Waals surface area contributed by atoms with Gasteiger partial charge in [0, 0.05) is 16.6 Å². The normalized spacial score (nSPS) is 11.6. The molecule has 0 aliphatic heterocycles. The van der Waals surface area contributed by atoms with E-state index < -0.39 is 23.5 Å². The summed E-state index contributed by atoms with van der Waals surface area (Å²) in [7, 11) is 0. The van der Waals surface area contributed by atoms with E-state index in [1.165, 1.54) is 42.5 Å². The summed E-state index contributed by atoms with van der Waals surface area (Å²) >= 11 is 0. The van der Waals surface area contributed by atoms with Gasteiger partial charge in [-0.3, -0.25) is 4.79 Å². The molecule has 2 N–H and O–H groups in total. The number of anilines is 1. The van der Waals surface area contributed by atoms with E-state index >= 15 is 0 Å². The zero-order chi connectivity index (χ0) is 21.5. The van der Waals surface area contributed by atoms with E-state index in [1.54, 1.807) is 12.1 Å². The van der Waals surface area contributed by atoms with Crippen LogP contribution in [0.1, 0.15) is 0 Å². The minimum Gasteiger partial charge on any atom is -0.406 e. The van der Waals surface area contributed by atoms with Gasteiger partial charge in [0.15, 0.2) is 0 Å². The number of nitrogen functional groups attached to an aromatic ring is 1. The van der Waals surface area contributed by atoms with Gasteiger partial charge in [-0.2, -0.15) is 9.78 Å². The van der Waals surface area contributed by atoms with E-state index in [1.807, 2.05) is 0 Å². The maximum absolute atomic E-state index is 13.3. The lowest BCUT2D eigenvalue weighted by molar-refractivity contribution is -0.274. The topological polar surface area (TPSA) is 70.1 Å². The standard InChI is InChI=1S/C21H13F4N3O2/c22-13-7-9-14(10-8-13)28-20(29)16-5-2-6-17(26)18(16)19(27-28)12-3-1-4-15(11-12)30-21(23,24)25/h1-11H,26H2. The molecule has 0 radical (unpaired) electrons. The Balaban J connectivity index is 2.00. The van der Waals surface area contributed by atoms with Crippen molar-refractivity contribution in [2.45, 2.75) is 6.36 Å². The lowest BCUT2D eigenvalue weighted by Gasteiger charge is -2.14. The number of rotatable bonds is 3. The second kappa shape index (κ2) is 7.18. The molecule has 0 bridgehead atoms. The van der Waals surface area contributed by atoms with Crippen LogP contribution in [0, 0.1) is 5.82 Å². The predicted octanol–water partition coefficient (Wildman–Crippen LogP) is 4.67. The molecule has 9 heteroatoms. The Hall–Kier alpha value is -3.88. The van der Waals surface area contributed by atoms with Gasteiger partial charge in [-0.15, -0.1) is 13.2 Å². The molecule has 5 nitrogen and oxygen atoms in total. The van der Waals surface area contributed by atoms with Gasteiger partial charge in [0.05, 0.1) is 11.1 Å². The number of nitrogens with zero attached hydrogens (tertiary/aromatic N) is 2. The second-order valence-electron chi connectivity index (χ2n) is 6.39. The van der Waals surface area contributed by atoms with Gasteiger partial charge in [-0.25, -0.2) is 4.39 Å². The molecule has 0 saturated carbocycles. The van der Waals surface area contributed by atoms with Crippen LogP contribution in [0.15, 0.2) is 71.5 Å². The molecule has 0 aliphatic carbocycles. The van der Waals surface area contributed by atoms with Gasteiger partial charge >= 0.3 is 6.36 Å². The maximum atomic E-state index is 13.3. The van der Waals surface area contributed by atoms with Crippen LogP contribution in [0.4, 0.5) is 23.2 Å². The van der Waals surface area contributed by atoms with E-state index in [-0.39, 0.29) is 28.0 Å². The highest BCUT2D eigenvalue weighted by molar-refractivity contribution is 6.02. The molecule has 0 fully saturated rings. The first-order chi connectivity index (χ1) is 14.2. The summed E-state index contributed by atoms with van der Waals surface area (Å²) in [5.41, 5.74) is 6.52. The summed E-state index contributed by atoms with van der Waals surface area (Å²) in [5, 5.41) is 4.84. The number of fused-ring (bicyclic) bond motifs is 1. The van der Waals surface area contributed by atoms with Gasteiger partial charge < -0.3 is 10.5 Å². The Labute approximate surface area is 166 Å². The fourth-order valence-electron chi connectivity index (χ4n) is 3.12. The highest BCUT2D eigenvalue weighted by Gasteiger charge is 2.31. The summed E-state index contributed by atoms with van der Waals surface area (Å²) in [4.78, 5) is 13.0. The van der Waals surface area contributed by atoms with Crippen molar-refractivity contribution in [3.63, 3.8) is 0 Å². The minimum atomic E-state index is -4.86. The quantitative estimate of drug-likeness (QED) is 0.390. The SMILES string of the molecule is Nc1cccc2c(=O)n(-c3ccc(F)cc3)nc(-c3cccc(OC(F)(F)F)c3)c12. The molecule has 0 spiro atoms. The molecular weight excluding hydrogens is 402 g/mol. The van der Waals surface area contributed by atoms with Crippen molar-refractivity contribution in [2.24, 2.45) is 0 Å². The molecule has 1 heterocycles. The number of hydrogen-bond acceptors (Lipinski definition) is 4. The first kappa shape index (κ1) is 19.4. The van der Waals surface area contributed by atoms with Crippen molar-refractivity contribution < 1.29 is 22.3 Å². The lowest BCUT2D eigenvalue weighted by atomic mass is 10.0. The van der Waals surface area contributed by atoms with Crippen LogP contribution < -0.4 is 16.0 Å². The van der Waals surface area contributed by atoms with Gasteiger partial charge in [-0.05, 0) is 48.5 Å². The first-order valence-electron chi connectivity index (χ1n) is 8.66. The summed E-state index contributed by atoms with van der Waals surface area (Å²) < 4.78 is 56.2. The van der Waals surface area contributed by atoms with E-state index in [0.717, 1.165) is 16.8 Å². The van der Waals surface area contributed by atoms with Crippen LogP contribution in [0.5, 0.6) is 5.75 Å². The Morgan fingerprint density at radius 3 is 2.37 bits per heavy atom. The summed E-state index contributed by atoms with van der Waals surface area (Å²) in [5.74, 6) is -0.932. The molecule has 0 atom stereocenters. The monoisotopic (exact) mass is 415 g/mol. The third-order valence-corrected chi connectivity index (χ3v) is 4.37. The average Bonchev–Trinajstić information content (AvgIpc) is 2.68. The van der Waals surface area contributed by atoms with Crippen LogP contribution in [0.2, 0.25) is 0 Å². The van der Waals surface area contributed by atoms with Gasteiger partial charge in [0.25, 0.3) is 5.56 Å². The molecule has 30 heavy (non-hydrogen) atoms. The number of alkyl halides is 3. The molecule has 4 aromatic rings. The first-order valence-corrected chi connectivity index (χ1v) is 8.66. The molecular formula is C21H13F4N3O2. The number of ether oxygens (including phenoxy) is 1. The molecule has 3 aromatic carbocycles. The highest BCUT2D eigenvalue weighted by atomic mass is 19.4. The van der Waals surface area contributed by atoms with Crippen molar-refractivity contribution in [1.82, 2.24) is 9.78 Å². The zero-order valence-corrected chi connectivity index (χ0v) is 15.2. The van der Waals surface area contributed by atoms with Crippen molar-refractivity contribution in [2.75, 3.05) is 5.73 Å². The van der Waals surface area contributed by atoms with E-state index in [0.29, 0.717) is 5.39 Å². The zero-order valence-electron chi connectivity index (χ0n) is 15.2. The number of nitrogens with two attached hydrogens (primary N) is 1. The summed E-state index contributed by atoms with van der Waals surface area (Å²) in [6, 6.07) is 15.0. The van der Waals surface area contributed by atoms with Crippen LogP contribution in [-0.2, 0) is 0 Å². The van der Waals surface area contributed by atoms with Crippen molar-refractivity contribution in [3.8, 4) is 22.7 Å². The molecule has 0 unspecified atom stereocenters. The largest absolute Gasteiger partial charge is 0.573 e. The third kappa shape index (κ3) is 3.69. The number of aromatic nitrogens is 2. The molecule has 1 aromatic heterocycles. The molecule has 0 saturated heterocycles. The molecule has 152 valence electrons. The predicted molar refractivity (Wildman–Crippen MR) is 104 cm³/mol. The van der Waals surface area contributed by atoms with Crippen molar-refractivity contribution in [3.05, 3.63) is 82.9 Å². The van der Waals surface area contributed by atoms with E-state index in [2.05, 4.69) is 9.84 Å². The average molecular weight is 415 g/mol. The third-order valence-electron chi connectivity index (χ3n) is 4.37. The van der Waals surface area contributed by atoms with Crippen molar-refractivity contribution in [1.29, 1.82) is 0 Å². The van der Waals surface area contributed by atoms with Crippen LogP contribution in [0.25, 0.3) is 27.7 Å². The Kier molecular flexibility index (Phi) is 4.65. The molecule has 0 aliphatic rings. The van der Waals surface area contributed by atoms with Crippen molar-refractivity contribution >= 4 is 16.5 Å². The highest BCUT2D eigenvalue weighted by Crippen LogP contribution is 2.32. The van der Waals surface area contributed by atoms with Gasteiger partial charge in [-0.1, -0.05) is 18.2 Å². The Bertz CT molecular complexity index is 1300. The van der Waals surface area contributed by atoms with Crippen LogP contribution >= 0.6 is 0 Å². The maximum Gasteiger partial charge on any atom is 0.573 e. The smallest absolute Gasteiger partial charge is 0.406 e. The Morgan fingerprint density at radius 2 is 1.67 bits per heavy atom. The van der Waals surface area contributed by atoms with E-state index in [4.69, 9.17) is 5.73 Å². The second-order valence-corrected chi connectivity index (χ2v) is 6.39. The van der Waals surface area contributed by atoms with E-state index in [9.17, 15) is 22.4 Å². The van der Waals surface area contributed by atoms with Crippen LogP contribution in [0.3, 0.4) is 0 Å². The summed E-state index contributed by atoms with van der Waals surface area (Å²) in [6.45, 7) is 0. The fraction of sp³-hybridized carbons (Fsp3) is 0.0476. The number of hydrogen-bond donors (Lipinski definition) is 1.